The summed E-state index contributed by atoms with van der Waals surface area (Å²) in [7, 11) is 1.46. The Balaban J connectivity index is 1.54. The third kappa shape index (κ3) is 4.86. The number of pyridine rings is 1. The molecule has 8 nitrogen and oxygen atoms in total. The molecule has 0 unspecified atom stereocenters. The molecule has 0 radical (unpaired) electrons. The van der Waals surface area contributed by atoms with Crippen molar-refractivity contribution in [2.24, 2.45) is 0 Å². The number of rotatable bonds is 8. The van der Waals surface area contributed by atoms with E-state index < -0.39 is 0 Å². The van der Waals surface area contributed by atoms with Gasteiger partial charge in [-0.25, -0.2) is 0 Å². The molecule has 5 rings (SSSR count). The van der Waals surface area contributed by atoms with E-state index in [9.17, 15) is 4.79 Å². The van der Waals surface area contributed by atoms with Gasteiger partial charge in [0.05, 0.1) is 35.3 Å². The number of thiocarbonyl (C=S) groups is 1. The largest absolute Gasteiger partial charge is 0.467 e. The first-order chi connectivity index (χ1) is 17.5. The number of carbonyl (C=O) groups excluding carboxylic acids is 1. The van der Waals surface area contributed by atoms with Gasteiger partial charge in [0.1, 0.15) is 18.4 Å². The molecule has 10 heteroatoms. The number of furan rings is 1. The van der Waals surface area contributed by atoms with Gasteiger partial charge in [-0.05, 0) is 66.8 Å². The van der Waals surface area contributed by atoms with Gasteiger partial charge in [0.2, 0.25) is 5.91 Å². The summed E-state index contributed by atoms with van der Waals surface area (Å²) in [5, 5.41) is 7.16. The number of benzene rings is 1. The van der Waals surface area contributed by atoms with E-state index in [1.54, 1.807) is 24.6 Å². The standard InChI is InChI=1S/C26H24ClN5O3S/c1-34-16-23(33)29-20-10-9-17(14-19(20)27)32-25(24(30-26(32)36)21-7-2-3-11-28-21)22-8-4-12-31(22)15-18-6-5-13-35-18/h2-14,24-25H,15-16H2,1H3,(H,29,33)(H,30,36)/t24-,25+/m0/s1. The van der Waals surface area contributed by atoms with Gasteiger partial charge in [-0.1, -0.05) is 17.7 Å². The maximum atomic E-state index is 12.0. The van der Waals surface area contributed by atoms with Crippen molar-refractivity contribution in [2.75, 3.05) is 23.9 Å². The SMILES string of the molecule is COCC(=O)Nc1ccc(N2C(=S)N[C@@H](c3ccccn3)[C@H]2c2cccn2Cc2ccco2)cc1Cl. The molecule has 2 atom stereocenters. The van der Waals surface area contributed by atoms with Crippen LogP contribution in [-0.2, 0) is 16.1 Å². The Labute approximate surface area is 218 Å². The number of hydrogen-bond acceptors (Lipinski definition) is 5. The van der Waals surface area contributed by atoms with Crippen LogP contribution in [0.5, 0.6) is 0 Å². The van der Waals surface area contributed by atoms with Crippen molar-refractivity contribution in [3.8, 4) is 0 Å². The van der Waals surface area contributed by atoms with Crippen LogP contribution in [0, 0.1) is 0 Å². The molecule has 1 saturated heterocycles. The first-order valence-corrected chi connectivity index (χ1v) is 12.1. The van der Waals surface area contributed by atoms with E-state index in [0.29, 0.717) is 22.4 Å². The summed E-state index contributed by atoms with van der Waals surface area (Å²) in [4.78, 5) is 18.6. The first-order valence-electron chi connectivity index (χ1n) is 11.3. The molecular formula is C26H24ClN5O3S. The molecule has 36 heavy (non-hydrogen) atoms. The molecule has 0 spiro atoms. The molecule has 2 N–H and O–H groups in total. The predicted molar refractivity (Wildman–Crippen MR) is 142 cm³/mol. The van der Waals surface area contributed by atoms with E-state index in [1.165, 1.54) is 7.11 Å². The second-order valence-corrected chi connectivity index (χ2v) is 9.08. The zero-order valence-electron chi connectivity index (χ0n) is 19.4. The van der Waals surface area contributed by atoms with E-state index >= 15 is 0 Å². The summed E-state index contributed by atoms with van der Waals surface area (Å²) in [6, 6.07) is 18.8. The summed E-state index contributed by atoms with van der Waals surface area (Å²) in [6.45, 7) is 0.519. The topological polar surface area (TPSA) is 84.6 Å². The number of anilines is 2. The maximum absolute atomic E-state index is 12.0. The average molecular weight is 522 g/mol. The van der Waals surface area contributed by atoms with Crippen LogP contribution in [0.15, 0.2) is 83.7 Å². The Morgan fingerprint density at radius 2 is 2.11 bits per heavy atom. The predicted octanol–water partition coefficient (Wildman–Crippen LogP) is 4.94. The molecule has 0 aliphatic carbocycles. The number of amides is 1. The van der Waals surface area contributed by atoms with Crippen molar-refractivity contribution in [1.29, 1.82) is 0 Å². The van der Waals surface area contributed by atoms with Gasteiger partial charge in [-0.2, -0.15) is 0 Å². The molecule has 4 aromatic rings. The fourth-order valence-corrected chi connectivity index (χ4v) is 4.98. The summed E-state index contributed by atoms with van der Waals surface area (Å²) >= 11 is 12.4. The monoisotopic (exact) mass is 521 g/mol. The summed E-state index contributed by atoms with van der Waals surface area (Å²) in [6.07, 6.45) is 5.47. The van der Waals surface area contributed by atoms with Gasteiger partial charge in [-0.15, -0.1) is 0 Å². The molecule has 1 amide bonds. The average Bonchev–Trinajstić information content (AvgIpc) is 3.62. The molecule has 1 aliphatic heterocycles. The molecule has 1 aliphatic rings. The molecule has 0 bridgehead atoms. The second kappa shape index (κ2) is 10.5. The minimum Gasteiger partial charge on any atom is -0.467 e. The fraction of sp³-hybridized carbons (Fsp3) is 0.192. The van der Waals surface area contributed by atoms with Gasteiger partial charge in [0, 0.05) is 30.9 Å². The lowest BCUT2D eigenvalue weighted by Gasteiger charge is -2.29. The fourth-order valence-electron chi connectivity index (χ4n) is 4.42. The summed E-state index contributed by atoms with van der Waals surface area (Å²) < 4.78 is 12.6. The molecule has 184 valence electrons. The number of hydrogen-bond donors (Lipinski definition) is 2. The second-order valence-electron chi connectivity index (χ2n) is 8.28. The molecule has 4 heterocycles. The number of carbonyl (C=O) groups is 1. The van der Waals surface area contributed by atoms with Crippen molar-refractivity contribution in [1.82, 2.24) is 14.9 Å². The first kappa shape index (κ1) is 24.1. The van der Waals surface area contributed by atoms with Gasteiger partial charge < -0.3 is 29.3 Å². The lowest BCUT2D eigenvalue weighted by Crippen LogP contribution is -2.30. The molecule has 3 aromatic heterocycles. The third-order valence-corrected chi connectivity index (χ3v) is 6.58. The Bertz CT molecular complexity index is 1360. The van der Waals surface area contributed by atoms with Gasteiger partial charge >= 0.3 is 0 Å². The van der Waals surface area contributed by atoms with Crippen LogP contribution in [0.2, 0.25) is 5.02 Å². The number of methoxy groups -OCH3 is 1. The summed E-state index contributed by atoms with van der Waals surface area (Å²) in [5.41, 5.74) is 3.19. The van der Waals surface area contributed by atoms with Gasteiger partial charge in [0.25, 0.3) is 0 Å². The van der Waals surface area contributed by atoms with Crippen LogP contribution in [0.25, 0.3) is 0 Å². The van der Waals surface area contributed by atoms with Crippen molar-refractivity contribution in [3.05, 3.63) is 101 Å². The van der Waals surface area contributed by atoms with Crippen LogP contribution in [-0.4, -0.2) is 34.3 Å². The Hall–Kier alpha value is -3.66. The zero-order chi connectivity index (χ0) is 25.1. The molecular weight excluding hydrogens is 498 g/mol. The third-order valence-electron chi connectivity index (χ3n) is 5.95. The van der Waals surface area contributed by atoms with E-state index in [2.05, 4.69) is 26.3 Å². The number of nitrogens with one attached hydrogen (secondary N) is 2. The smallest absolute Gasteiger partial charge is 0.250 e. The minimum atomic E-state index is -0.283. The Kier molecular flexibility index (Phi) is 7.04. The van der Waals surface area contributed by atoms with Gasteiger partial charge in [-0.3, -0.25) is 9.78 Å². The minimum absolute atomic E-state index is 0.0568. The molecule has 1 fully saturated rings. The van der Waals surface area contributed by atoms with Crippen molar-refractivity contribution < 1.29 is 13.9 Å². The highest BCUT2D eigenvalue weighted by Gasteiger charge is 2.42. The van der Waals surface area contributed by atoms with Crippen LogP contribution in [0.1, 0.15) is 29.2 Å². The highest BCUT2D eigenvalue weighted by molar-refractivity contribution is 7.80. The molecule has 1 aromatic carbocycles. The maximum Gasteiger partial charge on any atom is 0.250 e. The zero-order valence-corrected chi connectivity index (χ0v) is 21.0. The van der Waals surface area contributed by atoms with Crippen LogP contribution in [0.4, 0.5) is 11.4 Å². The number of halogens is 1. The Morgan fingerprint density at radius 3 is 2.83 bits per heavy atom. The lowest BCUT2D eigenvalue weighted by atomic mass is 10.0. The van der Waals surface area contributed by atoms with E-state index in [4.69, 9.17) is 33.0 Å². The summed E-state index contributed by atoms with van der Waals surface area (Å²) in [5.74, 6) is 0.565. The van der Waals surface area contributed by atoms with E-state index in [1.807, 2.05) is 53.6 Å². The van der Waals surface area contributed by atoms with Crippen LogP contribution < -0.4 is 15.5 Å². The lowest BCUT2D eigenvalue weighted by molar-refractivity contribution is -0.119. The van der Waals surface area contributed by atoms with Crippen molar-refractivity contribution in [3.63, 3.8) is 0 Å². The van der Waals surface area contributed by atoms with Crippen LogP contribution in [0.3, 0.4) is 0 Å². The normalized spacial score (nSPS) is 17.3. The van der Waals surface area contributed by atoms with Crippen LogP contribution >= 0.6 is 23.8 Å². The highest BCUT2D eigenvalue weighted by atomic mass is 35.5. The van der Waals surface area contributed by atoms with Crippen molar-refractivity contribution >= 4 is 46.2 Å². The quantitative estimate of drug-likeness (QED) is 0.318. The highest BCUT2D eigenvalue weighted by Crippen LogP contribution is 2.43. The number of aromatic nitrogens is 2. The van der Waals surface area contributed by atoms with E-state index in [-0.39, 0.29) is 24.6 Å². The Morgan fingerprint density at radius 1 is 1.22 bits per heavy atom. The van der Waals surface area contributed by atoms with E-state index in [0.717, 1.165) is 22.8 Å². The van der Waals surface area contributed by atoms with Crippen molar-refractivity contribution in [2.45, 2.75) is 18.6 Å². The number of nitrogens with zero attached hydrogens (tertiary/aromatic N) is 3. The molecule has 0 saturated carbocycles. The number of ether oxygens (including phenoxy) is 1. The van der Waals surface area contributed by atoms with Gasteiger partial charge in [0.15, 0.2) is 5.11 Å².